The number of carbonyl (C=O) groups excluding carboxylic acids is 1. The first-order valence-corrected chi connectivity index (χ1v) is 12.4. The highest BCUT2D eigenvalue weighted by Crippen LogP contribution is 2.44. The number of aromatic amines is 1. The van der Waals surface area contributed by atoms with Crippen LogP contribution in [0.25, 0.3) is 42.2 Å². The van der Waals surface area contributed by atoms with Gasteiger partial charge in [-0.2, -0.15) is 0 Å². The summed E-state index contributed by atoms with van der Waals surface area (Å²) in [6.45, 7) is 2.67. The van der Waals surface area contributed by atoms with Gasteiger partial charge < -0.3 is 25.7 Å². The maximum atomic E-state index is 13.1. The summed E-state index contributed by atoms with van der Waals surface area (Å²) in [6.07, 6.45) is 0. The number of nitrogens with one attached hydrogen (secondary N) is 2. The fourth-order valence-electron chi connectivity index (χ4n) is 4.80. The average Bonchev–Trinajstić information content (AvgIpc) is 3.29. The van der Waals surface area contributed by atoms with Gasteiger partial charge in [0.05, 0.1) is 31.0 Å². The van der Waals surface area contributed by atoms with Gasteiger partial charge in [-0.05, 0) is 18.2 Å². The molecule has 0 aliphatic carbocycles. The number of anilines is 2. The Balaban J connectivity index is 1.61. The van der Waals surface area contributed by atoms with E-state index in [0.717, 1.165) is 61.4 Å². The van der Waals surface area contributed by atoms with Crippen LogP contribution >= 0.6 is 11.3 Å². The van der Waals surface area contributed by atoms with E-state index in [0.29, 0.717) is 18.6 Å². The number of para-hydroxylation sites is 1. The molecule has 0 unspecified atom stereocenters. The van der Waals surface area contributed by atoms with Crippen molar-refractivity contribution in [2.45, 2.75) is 0 Å². The number of aromatic nitrogens is 1. The molecular weight excluding hydrogens is 460 g/mol. The molecule has 1 aliphatic heterocycles. The fraction of sp³-hybridized carbons (Fsp3) is 0.185. The first-order valence-electron chi connectivity index (χ1n) is 11.6. The van der Waals surface area contributed by atoms with Crippen LogP contribution in [0.15, 0.2) is 65.5 Å². The number of nitrogens with zero attached hydrogens (tertiary/aromatic N) is 1. The largest absolute Gasteiger partial charge is 0.378 e. The Labute approximate surface area is 205 Å². The molecule has 0 spiro atoms. The summed E-state index contributed by atoms with van der Waals surface area (Å²) in [5.41, 5.74) is 9.05. The summed E-state index contributed by atoms with van der Waals surface area (Å²) in [7, 11) is 0. The molecule has 8 heteroatoms. The van der Waals surface area contributed by atoms with Crippen LogP contribution in [-0.2, 0) is 9.53 Å². The van der Waals surface area contributed by atoms with Crippen LogP contribution in [0.2, 0.25) is 0 Å². The van der Waals surface area contributed by atoms with E-state index in [4.69, 9.17) is 10.5 Å². The Kier molecular flexibility index (Phi) is 5.49. The first-order chi connectivity index (χ1) is 17.1. The van der Waals surface area contributed by atoms with E-state index >= 15 is 0 Å². The van der Waals surface area contributed by atoms with Gasteiger partial charge in [0.2, 0.25) is 5.91 Å². The van der Waals surface area contributed by atoms with E-state index in [9.17, 15) is 9.59 Å². The number of thiophene rings is 1. The molecule has 1 amide bonds. The number of rotatable bonds is 4. The topological polar surface area (TPSA) is 100 Å². The van der Waals surface area contributed by atoms with Gasteiger partial charge in [0.25, 0.3) is 0 Å². The van der Waals surface area contributed by atoms with Crippen molar-refractivity contribution in [2.24, 2.45) is 5.73 Å². The van der Waals surface area contributed by atoms with Crippen LogP contribution in [-0.4, -0.2) is 43.7 Å². The SMILES string of the molecule is NCC(=O)Nc1ccc(-c2cccc3c(=O)cc(N4CCOCC4)[nH]c23)c2sc3ccccc3c12. The number of carbonyl (C=O) groups is 1. The fourth-order valence-corrected chi connectivity index (χ4v) is 6.06. The highest BCUT2D eigenvalue weighted by Gasteiger charge is 2.19. The average molecular weight is 485 g/mol. The summed E-state index contributed by atoms with van der Waals surface area (Å²) < 4.78 is 7.66. The zero-order chi connectivity index (χ0) is 23.9. The van der Waals surface area contributed by atoms with Gasteiger partial charge in [-0.15, -0.1) is 11.3 Å². The van der Waals surface area contributed by atoms with Crippen molar-refractivity contribution in [3.8, 4) is 11.1 Å². The number of fused-ring (bicyclic) bond motifs is 4. The third-order valence-corrected chi connectivity index (χ3v) is 7.68. The second-order valence-corrected chi connectivity index (χ2v) is 9.61. The number of ether oxygens (including phenoxy) is 1. The number of H-pyrrole nitrogens is 1. The number of hydrogen-bond donors (Lipinski definition) is 3. The van der Waals surface area contributed by atoms with Crippen LogP contribution in [0.5, 0.6) is 0 Å². The third kappa shape index (κ3) is 3.76. The normalized spacial score (nSPS) is 14.1. The number of nitrogens with two attached hydrogens (primary N) is 1. The van der Waals surface area contributed by atoms with E-state index in [1.165, 1.54) is 0 Å². The molecular formula is C27H24N4O3S. The number of benzene rings is 3. The molecule has 176 valence electrons. The van der Waals surface area contributed by atoms with Gasteiger partial charge in [-0.3, -0.25) is 9.59 Å². The van der Waals surface area contributed by atoms with E-state index < -0.39 is 0 Å². The molecule has 3 aromatic carbocycles. The number of morpholine rings is 1. The molecule has 35 heavy (non-hydrogen) atoms. The van der Waals surface area contributed by atoms with Gasteiger partial charge in [0.15, 0.2) is 5.43 Å². The third-order valence-electron chi connectivity index (χ3n) is 6.48. The van der Waals surface area contributed by atoms with E-state index in [1.54, 1.807) is 17.4 Å². The summed E-state index contributed by atoms with van der Waals surface area (Å²) >= 11 is 1.68. The number of amides is 1. The predicted octanol–water partition coefficient (Wildman–Crippen LogP) is 4.30. The minimum atomic E-state index is -0.237. The molecule has 0 radical (unpaired) electrons. The molecule has 5 aromatic rings. The number of pyridine rings is 1. The first kappa shape index (κ1) is 21.8. The van der Waals surface area contributed by atoms with Gasteiger partial charge in [-0.25, -0.2) is 0 Å². The molecule has 7 nitrogen and oxygen atoms in total. The molecule has 0 saturated carbocycles. The minimum absolute atomic E-state index is 0.0125. The standard InChI is InChI=1S/C27H24N4O3S/c28-15-24(33)29-20-9-8-17(27-25(20)19-4-1-2-7-22(19)35-27)16-5-3-6-18-21(32)14-23(30-26(16)18)31-10-12-34-13-11-31/h1-9,14H,10-13,15,28H2,(H,29,33)(H,30,32). The van der Waals surface area contributed by atoms with E-state index in [1.807, 2.05) is 42.5 Å². The van der Waals surface area contributed by atoms with Crippen LogP contribution in [0, 0.1) is 0 Å². The predicted molar refractivity (Wildman–Crippen MR) is 144 cm³/mol. The van der Waals surface area contributed by atoms with Crippen molar-refractivity contribution in [3.63, 3.8) is 0 Å². The lowest BCUT2D eigenvalue weighted by Crippen LogP contribution is -2.37. The lowest BCUT2D eigenvalue weighted by atomic mass is 9.98. The summed E-state index contributed by atoms with van der Waals surface area (Å²) in [4.78, 5) is 31.0. The smallest absolute Gasteiger partial charge is 0.238 e. The van der Waals surface area contributed by atoms with Crippen molar-refractivity contribution < 1.29 is 9.53 Å². The summed E-state index contributed by atoms with van der Waals surface area (Å²) in [6, 6.07) is 19.6. The molecule has 2 aromatic heterocycles. The Bertz CT molecular complexity index is 1650. The molecule has 4 N–H and O–H groups in total. The molecule has 0 bridgehead atoms. The quantitative estimate of drug-likeness (QED) is 0.353. The second kappa shape index (κ2) is 8.81. The highest BCUT2D eigenvalue weighted by molar-refractivity contribution is 7.26. The van der Waals surface area contributed by atoms with Crippen LogP contribution in [0.4, 0.5) is 11.5 Å². The van der Waals surface area contributed by atoms with Crippen LogP contribution in [0.3, 0.4) is 0 Å². The summed E-state index contributed by atoms with van der Waals surface area (Å²) in [5.74, 6) is 0.566. The molecule has 0 atom stereocenters. The molecule has 1 fully saturated rings. The van der Waals surface area contributed by atoms with Crippen molar-refractivity contribution in [1.29, 1.82) is 0 Å². The van der Waals surface area contributed by atoms with Crippen molar-refractivity contribution in [1.82, 2.24) is 4.98 Å². The van der Waals surface area contributed by atoms with Gasteiger partial charge >= 0.3 is 0 Å². The van der Waals surface area contributed by atoms with Crippen LogP contribution < -0.4 is 21.4 Å². The zero-order valence-corrected chi connectivity index (χ0v) is 19.8. The highest BCUT2D eigenvalue weighted by atomic mass is 32.1. The van der Waals surface area contributed by atoms with Gasteiger partial charge in [-0.1, -0.05) is 36.4 Å². The monoisotopic (exact) mass is 484 g/mol. The lowest BCUT2D eigenvalue weighted by molar-refractivity contribution is -0.114. The van der Waals surface area contributed by atoms with Crippen molar-refractivity contribution >= 4 is 59.8 Å². The Morgan fingerprint density at radius 3 is 2.66 bits per heavy atom. The molecule has 3 heterocycles. The van der Waals surface area contributed by atoms with Crippen LogP contribution in [0.1, 0.15) is 0 Å². The summed E-state index contributed by atoms with van der Waals surface area (Å²) in [5, 5.41) is 5.66. The van der Waals surface area contributed by atoms with Crippen molar-refractivity contribution in [2.75, 3.05) is 43.1 Å². The maximum absolute atomic E-state index is 13.1. The Hall–Kier alpha value is -3.72. The second-order valence-electron chi connectivity index (χ2n) is 8.56. The van der Waals surface area contributed by atoms with Gasteiger partial charge in [0, 0.05) is 55.8 Å². The Morgan fingerprint density at radius 1 is 1.03 bits per heavy atom. The van der Waals surface area contributed by atoms with Crippen molar-refractivity contribution in [3.05, 3.63) is 70.9 Å². The van der Waals surface area contributed by atoms with E-state index in [2.05, 4.69) is 27.3 Å². The van der Waals surface area contributed by atoms with E-state index in [-0.39, 0.29) is 17.9 Å². The zero-order valence-electron chi connectivity index (χ0n) is 19.0. The molecule has 1 aliphatic rings. The molecule has 6 rings (SSSR count). The number of hydrogen-bond acceptors (Lipinski definition) is 6. The lowest BCUT2D eigenvalue weighted by Gasteiger charge is -2.28. The minimum Gasteiger partial charge on any atom is -0.378 e. The molecule has 1 saturated heterocycles. The van der Waals surface area contributed by atoms with Gasteiger partial charge in [0.1, 0.15) is 5.82 Å². The Morgan fingerprint density at radius 2 is 1.83 bits per heavy atom. The maximum Gasteiger partial charge on any atom is 0.238 e.